The number of rotatable bonds is 6. The van der Waals surface area contributed by atoms with Crippen molar-refractivity contribution in [3.8, 4) is 0 Å². The van der Waals surface area contributed by atoms with Gasteiger partial charge in [-0.3, -0.25) is 9.59 Å². The lowest BCUT2D eigenvalue weighted by Gasteiger charge is -2.24. The second-order valence-electron chi connectivity index (χ2n) is 7.92. The summed E-state index contributed by atoms with van der Waals surface area (Å²) in [5, 5.41) is 13.5. The van der Waals surface area contributed by atoms with E-state index in [1.165, 1.54) is 6.20 Å². The van der Waals surface area contributed by atoms with Crippen molar-refractivity contribution in [2.24, 2.45) is 0 Å². The average molecular weight is 423 g/mol. The predicted octanol–water partition coefficient (Wildman–Crippen LogP) is 1.92. The number of carbonyl (C=O) groups is 1. The van der Waals surface area contributed by atoms with Crippen LogP contribution in [0.5, 0.6) is 0 Å². The molecule has 0 aromatic carbocycles. The number of carbonyl (C=O) groups excluding carboxylic acids is 1. The average Bonchev–Trinajstić information content (AvgIpc) is 3.50. The molecule has 0 atom stereocenters. The number of ether oxygens (including phenoxy) is 1. The quantitative estimate of drug-likeness (QED) is 0.555. The highest BCUT2D eigenvalue weighted by atomic mass is 16.5. The number of hydrogen-bond acceptors (Lipinski definition) is 7. The third-order valence-electron chi connectivity index (χ3n) is 5.71. The van der Waals surface area contributed by atoms with Crippen LogP contribution in [-0.4, -0.2) is 51.4 Å². The van der Waals surface area contributed by atoms with Crippen LogP contribution in [0.1, 0.15) is 42.1 Å². The molecule has 0 spiro atoms. The fraction of sp³-hybridized carbons (Fsp3) is 0.429. The fourth-order valence-corrected chi connectivity index (χ4v) is 3.85. The van der Waals surface area contributed by atoms with Crippen LogP contribution in [0.3, 0.4) is 0 Å². The number of nitrogens with one attached hydrogen (secondary N) is 3. The zero-order valence-corrected chi connectivity index (χ0v) is 17.3. The second kappa shape index (κ2) is 8.03. The molecule has 162 valence electrons. The van der Waals surface area contributed by atoms with E-state index < -0.39 is 0 Å². The van der Waals surface area contributed by atoms with Gasteiger partial charge in [-0.2, -0.15) is 9.61 Å². The second-order valence-corrected chi connectivity index (χ2v) is 7.92. The van der Waals surface area contributed by atoms with Crippen molar-refractivity contribution < 1.29 is 9.53 Å². The van der Waals surface area contributed by atoms with Crippen molar-refractivity contribution in [3.05, 3.63) is 46.5 Å². The molecule has 31 heavy (non-hydrogen) atoms. The Morgan fingerprint density at radius 2 is 2.03 bits per heavy atom. The minimum absolute atomic E-state index is 0.109. The van der Waals surface area contributed by atoms with Gasteiger partial charge in [0.1, 0.15) is 22.9 Å². The van der Waals surface area contributed by atoms with Gasteiger partial charge in [0.25, 0.3) is 11.5 Å². The monoisotopic (exact) mass is 423 g/mol. The Labute approximate surface area is 178 Å². The molecular weight excluding hydrogens is 398 g/mol. The van der Waals surface area contributed by atoms with E-state index in [0.29, 0.717) is 41.7 Å². The number of aromatic nitrogens is 4. The highest BCUT2D eigenvalue weighted by Crippen LogP contribution is 2.24. The van der Waals surface area contributed by atoms with E-state index >= 15 is 0 Å². The topological polar surface area (TPSA) is 115 Å². The van der Waals surface area contributed by atoms with E-state index in [9.17, 15) is 9.59 Å². The van der Waals surface area contributed by atoms with E-state index in [2.05, 4.69) is 26.0 Å². The number of hydrogen-bond donors (Lipinski definition) is 3. The summed E-state index contributed by atoms with van der Waals surface area (Å²) in [6.45, 7) is 1.32. The summed E-state index contributed by atoms with van der Waals surface area (Å²) >= 11 is 0. The van der Waals surface area contributed by atoms with E-state index in [0.717, 1.165) is 25.7 Å². The Kier molecular flexibility index (Phi) is 5.06. The van der Waals surface area contributed by atoms with Gasteiger partial charge in [0.05, 0.1) is 6.20 Å². The zero-order valence-electron chi connectivity index (χ0n) is 17.3. The molecule has 0 radical (unpaired) electrons. The summed E-state index contributed by atoms with van der Waals surface area (Å²) in [7, 11) is 1.77. The molecule has 10 nitrogen and oxygen atoms in total. The third kappa shape index (κ3) is 3.86. The Morgan fingerprint density at radius 3 is 2.77 bits per heavy atom. The van der Waals surface area contributed by atoms with Gasteiger partial charge in [-0.15, -0.1) is 0 Å². The standard InChI is InChI=1S/C21H25N7O3/c1-22-18-11-17(26-19-15(12-23-28(18)19)20(29)24-13-4-5-13)25-16-3-2-8-27(21(16)30)14-6-9-31-10-7-14/h2-3,8,11-14,22H,4-7,9-10H2,1H3,(H,24,29)(H,25,26). The van der Waals surface area contributed by atoms with Crippen molar-refractivity contribution >= 4 is 28.9 Å². The number of fused-ring (bicyclic) bond motifs is 1. The van der Waals surface area contributed by atoms with Crippen LogP contribution in [0.15, 0.2) is 35.4 Å². The van der Waals surface area contributed by atoms with Crippen LogP contribution in [0.4, 0.5) is 17.3 Å². The molecule has 4 heterocycles. The SMILES string of the molecule is CNc1cc(Nc2cccn(C3CCOCC3)c2=O)nc2c(C(=O)NC3CC3)cnn12. The van der Waals surface area contributed by atoms with Crippen molar-refractivity contribution in [2.45, 2.75) is 37.8 Å². The van der Waals surface area contributed by atoms with E-state index in [-0.39, 0.29) is 23.6 Å². The van der Waals surface area contributed by atoms with Crippen LogP contribution in [0, 0.1) is 0 Å². The van der Waals surface area contributed by atoms with E-state index in [1.54, 1.807) is 28.3 Å². The molecule has 1 aliphatic heterocycles. The van der Waals surface area contributed by atoms with Crippen LogP contribution < -0.4 is 21.5 Å². The van der Waals surface area contributed by atoms with Gasteiger partial charge in [0.15, 0.2) is 5.65 Å². The molecule has 1 aliphatic carbocycles. The summed E-state index contributed by atoms with van der Waals surface area (Å²) in [5.41, 5.74) is 1.14. The first-order valence-electron chi connectivity index (χ1n) is 10.6. The molecule has 1 amide bonds. The normalized spacial score (nSPS) is 16.9. The molecule has 2 fully saturated rings. The van der Waals surface area contributed by atoms with Crippen LogP contribution in [-0.2, 0) is 4.74 Å². The molecule has 3 aromatic rings. The van der Waals surface area contributed by atoms with Crippen molar-refractivity contribution in [2.75, 3.05) is 30.9 Å². The Morgan fingerprint density at radius 1 is 1.23 bits per heavy atom. The molecule has 0 bridgehead atoms. The molecule has 3 N–H and O–H groups in total. The maximum atomic E-state index is 13.1. The van der Waals surface area contributed by atoms with Gasteiger partial charge in [-0.25, -0.2) is 4.98 Å². The maximum absolute atomic E-state index is 13.1. The minimum Gasteiger partial charge on any atom is -0.381 e. The first-order chi connectivity index (χ1) is 15.1. The highest BCUT2D eigenvalue weighted by molar-refractivity contribution is 6.00. The molecule has 10 heteroatoms. The number of anilines is 3. The van der Waals surface area contributed by atoms with Gasteiger partial charge >= 0.3 is 0 Å². The lowest BCUT2D eigenvalue weighted by atomic mass is 10.1. The summed E-state index contributed by atoms with van der Waals surface area (Å²) < 4.78 is 8.76. The Bertz CT molecular complexity index is 1180. The maximum Gasteiger partial charge on any atom is 0.274 e. The number of pyridine rings is 1. The van der Waals surface area contributed by atoms with Gasteiger partial charge in [-0.05, 0) is 37.8 Å². The molecule has 3 aromatic heterocycles. The van der Waals surface area contributed by atoms with Crippen LogP contribution in [0.2, 0.25) is 0 Å². The third-order valence-corrected chi connectivity index (χ3v) is 5.71. The van der Waals surface area contributed by atoms with Crippen molar-refractivity contribution in [3.63, 3.8) is 0 Å². The Balaban J connectivity index is 1.49. The molecule has 5 rings (SSSR count). The highest BCUT2D eigenvalue weighted by Gasteiger charge is 2.26. The summed E-state index contributed by atoms with van der Waals surface area (Å²) in [6.07, 6.45) is 6.96. The number of nitrogens with zero attached hydrogens (tertiary/aromatic N) is 4. The van der Waals surface area contributed by atoms with E-state index in [1.807, 2.05) is 12.3 Å². The van der Waals surface area contributed by atoms with Gasteiger partial charge in [-0.1, -0.05) is 0 Å². The molecule has 0 unspecified atom stereocenters. The smallest absolute Gasteiger partial charge is 0.274 e. The van der Waals surface area contributed by atoms with Gasteiger partial charge < -0.3 is 25.3 Å². The van der Waals surface area contributed by atoms with Crippen molar-refractivity contribution in [1.29, 1.82) is 0 Å². The van der Waals surface area contributed by atoms with Crippen LogP contribution >= 0.6 is 0 Å². The Hall–Kier alpha value is -3.40. The summed E-state index contributed by atoms with van der Waals surface area (Å²) in [6, 6.07) is 5.71. The largest absolute Gasteiger partial charge is 0.381 e. The molecular formula is C21H25N7O3. The zero-order chi connectivity index (χ0) is 21.4. The summed E-state index contributed by atoms with van der Waals surface area (Å²) in [5.74, 6) is 0.920. The van der Waals surface area contributed by atoms with E-state index in [4.69, 9.17) is 4.74 Å². The molecule has 1 saturated carbocycles. The fourth-order valence-electron chi connectivity index (χ4n) is 3.85. The minimum atomic E-state index is -0.189. The first kappa shape index (κ1) is 19.6. The van der Waals surface area contributed by atoms with Crippen molar-refractivity contribution in [1.82, 2.24) is 24.5 Å². The van der Waals surface area contributed by atoms with Gasteiger partial charge in [0.2, 0.25) is 0 Å². The lowest BCUT2D eigenvalue weighted by molar-refractivity contribution is 0.0687. The number of amides is 1. The molecule has 2 aliphatic rings. The van der Waals surface area contributed by atoms with Gasteiger partial charge in [0, 0.05) is 44.6 Å². The lowest BCUT2D eigenvalue weighted by Crippen LogP contribution is -2.29. The first-order valence-corrected chi connectivity index (χ1v) is 10.6. The predicted molar refractivity (Wildman–Crippen MR) is 116 cm³/mol. The molecule has 1 saturated heterocycles. The van der Waals surface area contributed by atoms with Crippen LogP contribution in [0.25, 0.3) is 5.65 Å². The summed E-state index contributed by atoms with van der Waals surface area (Å²) in [4.78, 5) is 30.3.